The average molecular weight is 341 g/mol. The van der Waals surface area contributed by atoms with E-state index in [0.29, 0.717) is 28.6 Å². The second kappa shape index (κ2) is 6.06. The van der Waals surface area contributed by atoms with Crippen molar-refractivity contribution in [2.45, 2.75) is 26.4 Å². The van der Waals surface area contributed by atoms with Crippen molar-refractivity contribution in [1.29, 1.82) is 0 Å². The van der Waals surface area contributed by atoms with Crippen LogP contribution in [-0.4, -0.2) is 31.2 Å². The Labute approximate surface area is 123 Å². The van der Waals surface area contributed by atoms with Crippen LogP contribution in [0.15, 0.2) is 22.7 Å². The third kappa shape index (κ3) is 3.17. The molecule has 0 saturated heterocycles. The monoisotopic (exact) mass is 340 g/mol. The lowest BCUT2D eigenvalue weighted by Gasteiger charge is -2.08. The number of nitro benzene ring substituents is 1. The van der Waals surface area contributed by atoms with E-state index in [0.717, 1.165) is 0 Å². The van der Waals surface area contributed by atoms with Crippen LogP contribution in [0.25, 0.3) is 5.69 Å². The van der Waals surface area contributed by atoms with E-state index in [1.807, 2.05) is 13.8 Å². The van der Waals surface area contributed by atoms with Gasteiger partial charge < -0.3 is 5.32 Å². The predicted octanol–water partition coefficient (Wildman–Crippen LogP) is 1.83. The van der Waals surface area contributed by atoms with Crippen molar-refractivity contribution >= 4 is 21.6 Å². The van der Waals surface area contributed by atoms with Crippen molar-refractivity contribution in [3.05, 3.63) is 38.6 Å². The van der Waals surface area contributed by atoms with Gasteiger partial charge in [-0.2, -0.15) is 4.68 Å². The number of benzene rings is 1. The Morgan fingerprint density at radius 2 is 2.25 bits per heavy atom. The summed E-state index contributed by atoms with van der Waals surface area (Å²) in [4.78, 5) is 10.5. The molecule has 0 amide bonds. The van der Waals surface area contributed by atoms with Crippen molar-refractivity contribution in [2.24, 2.45) is 0 Å². The molecule has 0 aliphatic heterocycles. The fourth-order valence-electron chi connectivity index (χ4n) is 1.58. The maximum atomic E-state index is 10.9. The first-order valence-electron chi connectivity index (χ1n) is 5.94. The number of aromatic nitrogens is 4. The van der Waals surface area contributed by atoms with Gasteiger partial charge in [-0.15, -0.1) is 5.10 Å². The Balaban J connectivity index is 2.35. The molecule has 8 nitrogen and oxygen atoms in total. The molecular formula is C11H13BrN6O2. The van der Waals surface area contributed by atoms with Crippen molar-refractivity contribution in [3.63, 3.8) is 0 Å². The summed E-state index contributed by atoms with van der Waals surface area (Å²) in [7, 11) is 0. The van der Waals surface area contributed by atoms with Crippen LogP contribution in [-0.2, 0) is 6.54 Å². The minimum Gasteiger partial charge on any atom is -0.308 e. The normalized spacial score (nSPS) is 11.0. The van der Waals surface area contributed by atoms with Crippen LogP contribution in [0.4, 0.5) is 5.69 Å². The number of hydrogen-bond acceptors (Lipinski definition) is 6. The van der Waals surface area contributed by atoms with Crippen LogP contribution < -0.4 is 5.32 Å². The molecule has 1 N–H and O–H groups in total. The van der Waals surface area contributed by atoms with Gasteiger partial charge >= 0.3 is 0 Å². The third-order valence-electron chi connectivity index (χ3n) is 2.57. The molecule has 0 bridgehead atoms. The Kier molecular flexibility index (Phi) is 4.40. The largest absolute Gasteiger partial charge is 0.308 e. The molecule has 0 saturated carbocycles. The van der Waals surface area contributed by atoms with Crippen molar-refractivity contribution in [1.82, 2.24) is 25.5 Å². The molecule has 20 heavy (non-hydrogen) atoms. The maximum Gasteiger partial charge on any atom is 0.285 e. The van der Waals surface area contributed by atoms with Gasteiger partial charge in [-0.25, -0.2) is 0 Å². The molecule has 0 spiro atoms. The zero-order valence-electron chi connectivity index (χ0n) is 10.9. The molecule has 0 unspecified atom stereocenters. The Hall–Kier alpha value is -1.87. The molecular weight excluding hydrogens is 328 g/mol. The lowest BCUT2D eigenvalue weighted by atomic mass is 10.3. The van der Waals surface area contributed by atoms with E-state index in [1.165, 1.54) is 10.7 Å². The van der Waals surface area contributed by atoms with Gasteiger partial charge in [-0.3, -0.25) is 10.1 Å². The maximum absolute atomic E-state index is 10.9. The van der Waals surface area contributed by atoms with Gasteiger partial charge in [-0.1, -0.05) is 13.8 Å². The molecule has 2 aromatic rings. The van der Waals surface area contributed by atoms with Gasteiger partial charge in [-0.05, 0) is 38.5 Å². The molecule has 2 rings (SSSR count). The second-order valence-corrected chi connectivity index (χ2v) is 5.29. The van der Waals surface area contributed by atoms with Crippen LogP contribution in [0.3, 0.4) is 0 Å². The van der Waals surface area contributed by atoms with E-state index in [-0.39, 0.29) is 5.69 Å². The van der Waals surface area contributed by atoms with Gasteiger partial charge in [0.2, 0.25) is 0 Å². The zero-order chi connectivity index (χ0) is 14.7. The molecule has 1 aromatic carbocycles. The van der Waals surface area contributed by atoms with E-state index in [1.54, 1.807) is 12.1 Å². The summed E-state index contributed by atoms with van der Waals surface area (Å²) >= 11 is 3.15. The quantitative estimate of drug-likeness (QED) is 0.658. The van der Waals surface area contributed by atoms with Crippen LogP contribution >= 0.6 is 15.9 Å². The van der Waals surface area contributed by atoms with Gasteiger partial charge in [0.1, 0.15) is 0 Å². The highest BCUT2D eigenvalue weighted by atomic mass is 79.9. The molecule has 0 aliphatic rings. The van der Waals surface area contributed by atoms with Crippen molar-refractivity contribution in [3.8, 4) is 5.69 Å². The number of nitro groups is 1. The number of tetrazole rings is 1. The zero-order valence-corrected chi connectivity index (χ0v) is 12.5. The molecule has 106 valence electrons. The number of rotatable bonds is 5. The first-order chi connectivity index (χ1) is 9.49. The Morgan fingerprint density at radius 1 is 1.50 bits per heavy atom. The van der Waals surface area contributed by atoms with Gasteiger partial charge in [0, 0.05) is 12.1 Å². The number of hydrogen-bond donors (Lipinski definition) is 1. The van der Waals surface area contributed by atoms with Gasteiger partial charge in [0.15, 0.2) is 5.82 Å². The van der Waals surface area contributed by atoms with Crippen molar-refractivity contribution in [2.75, 3.05) is 0 Å². The second-order valence-electron chi connectivity index (χ2n) is 4.44. The smallest absolute Gasteiger partial charge is 0.285 e. The van der Waals surface area contributed by atoms with Crippen LogP contribution in [0.2, 0.25) is 0 Å². The van der Waals surface area contributed by atoms with Crippen molar-refractivity contribution < 1.29 is 4.92 Å². The summed E-state index contributed by atoms with van der Waals surface area (Å²) in [6, 6.07) is 5.04. The summed E-state index contributed by atoms with van der Waals surface area (Å²) in [5, 5.41) is 25.6. The van der Waals surface area contributed by atoms with E-state index in [9.17, 15) is 10.1 Å². The molecule has 0 aliphatic carbocycles. The summed E-state index contributed by atoms with van der Waals surface area (Å²) in [6.07, 6.45) is 0. The molecule has 1 aromatic heterocycles. The predicted molar refractivity (Wildman–Crippen MR) is 75.5 cm³/mol. The standard InChI is InChI=1S/C11H13BrN6O2/c1-7(2)13-6-11-14-15-16-17(11)8-3-4-9(12)10(5-8)18(19)20/h3-5,7,13H,6H2,1-2H3. The fourth-order valence-corrected chi connectivity index (χ4v) is 1.98. The summed E-state index contributed by atoms with van der Waals surface area (Å²) in [6.45, 7) is 4.51. The van der Waals surface area contributed by atoms with Crippen LogP contribution in [0.1, 0.15) is 19.7 Å². The highest BCUT2D eigenvalue weighted by molar-refractivity contribution is 9.10. The van der Waals surface area contributed by atoms with Crippen LogP contribution in [0, 0.1) is 10.1 Å². The average Bonchev–Trinajstić information content (AvgIpc) is 2.85. The molecule has 0 atom stereocenters. The molecule has 1 heterocycles. The van der Waals surface area contributed by atoms with Gasteiger partial charge in [0.05, 0.1) is 21.6 Å². The Bertz CT molecular complexity index is 627. The van der Waals surface area contributed by atoms with E-state index in [4.69, 9.17) is 0 Å². The SMILES string of the molecule is CC(C)NCc1nnnn1-c1ccc(Br)c([N+](=O)[O-])c1. The summed E-state index contributed by atoms with van der Waals surface area (Å²) in [5.74, 6) is 0.593. The number of nitrogens with one attached hydrogen (secondary N) is 1. The van der Waals surface area contributed by atoms with E-state index >= 15 is 0 Å². The fraction of sp³-hybridized carbons (Fsp3) is 0.364. The molecule has 0 radical (unpaired) electrons. The van der Waals surface area contributed by atoms with E-state index in [2.05, 4.69) is 36.8 Å². The minimum absolute atomic E-state index is 0.0271. The first-order valence-corrected chi connectivity index (χ1v) is 6.73. The lowest BCUT2D eigenvalue weighted by Crippen LogP contribution is -2.24. The van der Waals surface area contributed by atoms with E-state index < -0.39 is 4.92 Å². The minimum atomic E-state index is -0.454. The number of halogens is 1. The highest BCUT2D eigenvalue weighted by Crippen LogP contribution is 2.27. The highest BCUT2D eigenvalue weighted by Gasteiger charge is 2.16. The Morgan fingerprint density at radius 3 is 2.90 bits per heavy atom. The topological polar surface area (TPSA) is 98.8 Å². The van der Waals surface area contributed by atoms with Crippen LogP contribution in [0.5, 0.6) is 0 Å². The molecule has 9 heteroatoms. The first kappa shape index (κ1) is 14.5. The summed E-state index contributed by atoms with van der Waals surface area (Å²) in [5.41, 5.74) is 0.520. The number of nitrogens with zero attached hydrogens (tertiary/aromatic N) is 5. The molecule has 0 fully saturated rings. The van der Waals surface area contributed by atoms with Gasteiger partial charge in [0.25, 0.3) is 5.69 Å². The lowest BCUT2D eigenvalue weighted by molar-refractivity contribution is -0.385. The third-order valence-corrected chi connectivity index (χ3v) is 3.24. The summed E-state index contributed by atoms with van der Waals surface area (Å²) < 4.78 is 1.90.